The molecular weight excluding hydrogens is 495 g/mol. The molecule has 3 aromatic rings. The summed E-state index contributed by atoms with van der Waals surface area (Å²) < 4.78 is 13.6. The third kappa shape index (κ3) is 6.01. The number of nitrogens with two attached hydrogens (primary N) is 1. The van der Waals surface area contributed by atoms with Gasteiger partial charge in [0.05, 0.1) is 23.8 Å². The molecule has 1 saturated carbocycles. The lowest BCUT2D eigenvalue weighted by Gasteiger charge is -2.31. The first-order valence-corrected chi connectivity index (χ1v) is 13.5. The highest BCUT2D eigenvalue weighted by Crippen LogP contribution is 2.39. The molecule has 2 aliphatic rings. The van der Waals surface area contributed by atoms with Crippen LogP contribution in [-0.2, 0) is 4.79 Å². The maximum Gasteiger partial charge on any atom is 0.258 e. The molecule has 1 aliphatic carbocycles. The summed E-state index contributed by atoms with van der Waals surface area (Å²) in [7, 11) is 0. The van der Waals surface area contributed by atoms with E-state index in [1.54, 1.807) is 23.1 Å². The standard InChI is InChI=1S/C31H33FN4O3/c32-25-12-9-23(10-13-25)31(39)36-27-14-11-24(30(38)34-19-21-6-4-5-20(15-21)18-33)16-26(27)35-29(37)17-28(36)22-7-2-1-3-8-22/h1-3,7-14,16,20-21,28H,4-6,15,17-19,33H2,(H,34,38)(H,35,37). The lowest BCUT2D eigenvalue weighted by atomic mass is 9.81. The van der Waals surface area contributed by atoms with Crippen molar-refractivity contribution in [2.24, 2.45) is 17.6 Å². The SMILES string of the molecule is NCC1CCCC(CNC(=O)c2ccc3c(c2)NC(=O)CC(c2ccccc2)N3C(=O)c2ccc(F)cc2)C1. The fraction of sp³-hybridized carbons (Fsp3) is 0.323. The Morgan fingerprint density at radius 2 is 1.69 bits per heavy atom. The number of fused-ring (bicyclic) bond motifs is 1. The van der Waals surface area contributed by atoms with Gasteiger partial charge in [0.15, 0.2) is 0 Å². The molecule has 4 N–H and O–H groups in total. The number of hydrogen-bond acceptors (Lipinski definition) is 4. The van der Waals surface area contributed by atoms with Crippen LogP contribution < -0.4 is 21.3 Å². The van der Waals surface area contributed by atoms with Gasteiger partial charge in [-0.3, -0.25) is 19.3 Å². The van der Waals surface area contributed by atoms with Gasteiger partial charge in [0, 0.05) is 17.7 Å². The number of amides is 3. The van der Waals surface area contributed by atoms with Crippen molar-refractivity contribution in [3.8, 4) is 0 Å². The third-order valence-electron chi connectivity index (χ3n) is 7.75. The number of benzene rings is 3. The molecule has 0 radical (unpaired) electrons. The van der Waals surface area contributed by atoms with E-state index >= 15 is 0 Å². The zero-order valence-electron chi connectivity index (χ0n) is 21.7. The Labute approximate surface area is 227 Å². The van der Waals surface area contributed by atoms with Gasteiger partial charge in [0.25, 0.3) is 11.8 Å². The lowest BCUT2D eigenvalue weighted by molar-refractivity contribution is -0.116. The number of anilines is 2. The molecule has 5 rings (SSSR count). The van der Waals surface area contributed by atoms with E-state index in [1.165, 1.54) is 24.3 Å². The van der Waals surface area contributed by atoms with Crippen LogP contribution in [0.25, 0.3) is 0 Å². The van der Waals surface area contributed by atoms with E-state index in [9.17, 15) is 18.8 Å². The van der Waals surface area contributed by atoms with Crippen molar-refractivity contribution in [1.29, 1.82) is 0 Å². The predicted octanol–water partition coefficient (Wildman–Crippen LogP) is 5.05. The first-order chi connectivity index (χ1) is 18.9. The molecule has 0 spiro atoms. The largest absolute Gasteiger partial charge is 0.352 e. The van der Waals surface area contributed by atoms with Crippen molar-refractivity contribution in [1.82, 2.24) is 5.32 Å². The first kappa shape index (κ1) is 26.6. The highest BCUT2D eigenvalue weighted by atomic mass is 19.1. The highest BCUT2D eigenvalue weighted by molar-refractivity contribution is 6.12. The van der Waals surface area contributed by atoms with Crippen LogP contribution in [0.5, 0.6) is 0 Å². The number of carbonyl (C=O) groups is 3. The molecule has 1 heterocycles. The molecule has 1 fully saturated rings. The number of rotatable bonds is 6. The zero-order chi connectivity index (χ0) is 27.4. The molecule has 8 heteroatoms. The predicted molar refractivity (Wildman–Crippen MR) is 149 cm³/mol. The number of nitrogens with one attached hydrogen (secondary N) is 2. The molecule has 7 nitrogen and oxygen atoms in total. The number of hydrogen-bond donors (Lipinski definition) is 3. The molecule has 0 bridgehead atoms. The Hall–Kier alpha value is -4.04. The van der Waals surface area contributed by atoms with E-state index in [0.29, 0.717) is 47.4 Å². The van der Waals surface area contributed by atoms with Crippen molar-refractivity contribution >= 4 is 29.1 Å². The van der Waals surface area contributed by atoms with Gasteiger partial charge in [-0.15, -0.1) is 0 Å². The Morgan fingerprint density at radius 1 is 0.974 bits per heavy atom. The Balaban J connectivity index is 1.45. The molecule has 3 amide bonds. The fourth-order valence-corrected chi connectivity index (χ4v) is 5.69. The highest BCUT2D eigenvalue weighted by Gasteiger charge is 2.34. The summed E-state index contributed by atoms with van der Waals surface area (Å²) in [4.78, 5) is 41.5. The summed E-state index contributed by atoms with van der Waals surface area (Å²) in [6.07, 6.45) is 4.37. The van der Waals surface area contributed by atoms with Crippen molar-refractivity contribution < 1.29 is 18.8 Å². The quantitative estimate of drug-likeness (QED) is 0.416. The molecule has 3 aromatic carbocycles. The normalized spacial score (nSPS) is 20.9. The lowest BCUT2D eigenvalue weighted by Crippen LogP contribution is -2.35. The molecule has 0 aromatic heterocycles. The van der Waals surface area contributed by atoms with Crippen LogP contribution in [0.3, 0.4) is 0 Å². The molecule has 202 valence electrons. The summed E-state index contributed by atoms with van der Waals surface area (Å²) in [5.41, 5.74) is 8.19. The molecule has 3 unspecified atom stereocenters. The van der Waals surface area contributed by atoms with Gasteiger partial charge in [0.1, 0.15) is 5.82 Å². The number of carbonyl (C=O) groups excluding carboxylic acids is 3. The number of halogens is 1. The summed E-state index contributed by atoms with van der Waals surface area (Å²) in [6.45, 7) is 1.25. The van der Waals surface area contributed by atoms with Gasteiger partial charge < -0.3 is 16.4 Å². The van der Waals surface area contributed by atoms with Crippen LogP contribution in [0, 0.1) is 17.7 Å². The van der Waals surface area contributed by atoms with Gasteiger partial charge >= 0.3 is 0 Å². The van der Waals surface area contributed by atoms with Crippen LogP contribution in [0.4, 0.5) is 15.8 Å². The molecule has 1 aliphatic heterocycles. The first-order valence-electron chi connectivity index (χ1n) is 13.5. The third-order valence-corrected chi connectivity index (χ3v) is 7.75. The monoisotopic (exact) mass is 528 g/mol. The zero-order valence-corrected chi connectivity index (χ0v) is 21.7. The second kappa shape index (κ2) is 11.8. The van der Waals surface area contributed by atoms with E-state index in [4.69, 9.17) is 5.73 Å². The van der Waals surface area contributed by atoms with E-state index < -0.39 is 11.9 Å². The van der Waals surface area contributed by atoms with Gasteiger partial charge in [0.2, 0.25) is 5.91 Å². The minimum Gasteiger partial charge on any atom is -0.352 e. The smallest absolute Gasteiger partial charge is 0.258 e. The average Bonchev–Trinajstić information content (AvgIpc) is 3.11. The van der Waals surface area contributed by atoms with Crippen LogP contribution >= 0.6 is 0 Å². The van der Waals surface area contributed by atoms with E-state index in [-0.39, 0.29) is 24.1 Å². The van der Waals surface area contributed by atoms with E-state index in [1.807, 2.05) is 30.3 Å². The molecule has 39 heavy (non-hydrogen) atoms. The van der Waals surface area contributed by atoms with Crippen LogP contribution in [0.2, 0.25) is 0 Å². The summed E-state index contributed by atoms with van der Waals surface area (Å²) in [6, 6.07) is 19.1. The Morgan fingerprint density at radius 3 is 2.44 bits per heavy atom. The van der Waals surface area contributed by atoms with Crippen molar-refractivity contribution in [2.45, 2.75) is 38.1 Å². The van der Waals surface area contributed by atoms with Crippen LogP contribution in [-0.4, -0.2) is 30.8 Å². The second-order valence-electron chi connectivity index (χ2n) is 10.4. The molecule has 0 saturated heterocycles. The van der Waals surface area contributed by atoms with Gasteiger partial charge in [-0.25, -0.2) is 4.39 Å². The van der Waals surface area contributed by atoms with Crippen LogP contribution in [0.15, 0.2) is 72.8 Å². The van der Waals surface area contributed by atoms with Crippen molar-refractivity contribution in [3.63, 3.8) is 0 Å². The fourth-order valence-electron chi connectivity index (χ4n) is 5.69. The average molecular weight is 529 g/mol. The molecule has 3 atom stereocenters. The minimum absolute atomic E-state index is 0.0249. The van der Waals surface area contributed by atoms with Gasteiger partial charge in [-0.05, 0) is 85.7 Å². The second-order valence-corrected chi connectivity index (χ2v) is 10.4. The van der Waals surface area contributed by atoms with Gasteiger partial charge in [-0.2, -0.15) is 0 Å². The molecular formula is C31H33FN4O3. The maximum absolute atomic E-state index is 13.8. The Kier molecular flexibility index (Phi) is 8.02. The summed E-state index contributed by atoms with van der Waals surface area (Å²) in [5, 5.41) is 5.93. The topological polar surface area (TPSA) is 105 Å². The van der Waals surface area contributed by atoms with Gasteiger partial charge in [-0.1, -0.05) is 36.8 Å². The summed E-state index contributed by atoms with van der Waals surface area (Å²) in [5.74, 6) is -0.417. The summed E-state index contributed by atoms with van der Waals surface area (Å²) >= 11 is 0. The van der Waals surface area contributed by atoms with Crippen LogP contribution in [0.1, 0.15) is 64.4 Å². The maximum atomic E-state index is 13.8. The van der Waals surface area contributed by atoms with Crippen molar-refractivity contribution in [3.05, 3.63) is 95.3 Å². The minimum atomic E-state index is -0.591. The number of nitrogens with zero attached hydrogens (tertiary/aromatic N) is 1. The Bertz CT molecular complexity index is 1350. The van der Waals surface area contributed by atoms with Crippen molar-refractivity contribution in [2.75, 3.05) is 23.3 Å². The van der Waals surface area contributed by atoms with E-state index in [2.05, 4.69) is 10.6 Å². The van der Waals surface area contributed by atoms with E-state index in [0.717, 1.165) is 31.2 Å².